The highest BCUT2D eigenvalue weighted by Crippen LogP contribution is 2.16. The summed E-state index contributed by atoms with van der Waals surface area (Å²) < 4.78 is 13.3. The molecule has 13 heavy (non-hydrogen) atoms. The van der Waals surface area contributed by atoms with Crippen molar-refractivity contribution in [3.05, 3.63) is 35.1 Å². The second kappa shape index (κ2) is 4.17. The highest BCUT2D eigenvalue weighted by molar-refractivity contribution is 5.97. The second-order valence-electron chi connectivity index (χ2n) is 2.90. The molecule has 0 spiro atoms. The van der Waals surface area contributed by atoms with Crippen LogP contribution in [0.1, 0.15) is 36.2 Å². The van der Waals surface area contributed by atoms with Crippen molar-refractivity contribution >= 4 is 5.78 Å². The van der Waals surface area contributed by atoms with Gasteiger partial charge >= 0.3 is 0 Å². The zero-order chi connectivity index (χ0) is 9.84. The van der Waals surface area contributed by atoms with Gasteiger partial charge < -0.3 is 0 Å². The number of Topliss-reactive ketones (excluding diaryl/α,β-unsaturated/α-hetero) is 1. The highest BCUT2D eigenvalue weighted by Gasteiger charge is 2.12. The Morgan fingerprint density at radius 2 is 2.08 bits per heavy atom. The van der Waals surface area contributed by atoms with Crippen LogP contribution in [0.15, 0.2) is 18.2 Å². The Morgan fingerprint density at radius 3 is 2.62 bits per heavy atom. The first kappa shape index (κ1) is 9.90. The van der Waals surface area contributed by atoms with Gasteiger partial charge in [-0.05, 0) is 18.1 Å². The molecule has 0 aliphatic rings. The molecule has 1 nitrogen and oxygen atoms in total. The minimum Gasteiger partial charge on any atom is -0.294 e. The van der Waals surface area contributed by atoms with Gasteiger partial charge in [-0.15, -0.1) is 0 Å². The molecule has 70 valence electrons. The van der Waals surface area contributed by atoms with E-state index in [9.17, 15) is 9.18 Å². The first-order chi connectivity index (χ1) is 6.20. The van der Waals surface area contributed by atoms with Gasteiger partial charge in [0.15, 0.2) is 5.78 Å². The maximum Gasteiger partial charge on any atom is 0.165 e. The maximum atomic E-state index is 13.3. The number of carbonyl (C=O) groups is 1. The molecule has 2 heteroatoms. The highest BCUT2D eigenvalue weighted by atomic mass is 19.1. The summed E-state index contributed by atoms with van der Waals surface area (Å²) in [6.07, 6.45) is 1.05. The Morgan fingerprint density at radius 1 is 1.38 bits per heavy atom. The van der Waals surface area contributed by atoms with Crippen molar-refractivity contribution in [3.8, 4) is 0 Å². The standard InChI is InChI=1S/C11H13FO/c1-3-8-6-5-7-9(12)11(8)10(13)4-2/h5-7H,3-4H2,1-2H3. The van der Waals surface area contributed by atoms with Crippen molar-refractivity contribution in [3.63, 3.8) is 0 Å². The van der Waals surface area contributed by atoms with E-state index in [1.807, 2.05) is 6.92 Å². The van der Waals surface area contributed by atoms with E-state index in [0.29, 0.717) is 12.8 Å². The normalized spacial score (nSPS) is 10.1. The van der Waals surface area contributed by atoms with Crippen molar-refractivity contribution in [2.24, 2.45) is 0 Å². The number of hydrogen-bond donors (Lipinski definition) is 0. The summed E-state index contributed by atoms with van der Waals surface area (Å²) >= 11 is 0. The predicted molar refractivity (Wildman–Crippen MR) is 50.4 cm³/mol. The monoisotopic (exact) mass is 180 g/mol. The van der Waals surface area contributed by atoms with Crippen LogP contribution in [0, 0.1) is 5.82 Å². The Kier molecular flexibility index (Phi) is 3.18. The van der Waals surface area contributed by atoms with Gasteiger partial charge in [-0.1, -0.05) is 26.0 Å². The van der Waals surface area contributed by atoms with Crippen LogP contribution in [-0.2, 0) is 6.42 Å². The van der Waals surface area contributed by atoms with E-state index in [1.54, 1.807) is 19.1 Å². The summed E-state index contributed by atoms with van der Waals surface area (Å²) in [6, 6.07) is 4.77. The van der Waals surface area contributed by atoms with E-state index in [4.69, 9.17) is 0 Å². The molecule has 0 bridgehead atoms. The second-order valence-corrected chi connectivity index (χ2v) is 2.90. The van der Waals surface area contributed by atoms with Crippen LogP contribution in [0.25, 0.3) is 0 Å². The lowest BCUT2D eigenvalue weighted by atomic mass is 10.00. The molecule has 1 aromatic carbocycles. The lowest BCUT2D eigenvalue weighted by Crippen LogP contribution is -2.05. The average molecular weight is 180 g/mol. The number of rotatable bonds is 3. The van der Waals surface area contributed by atoms with Crippen LogP contribution >= 0.6 is 0 Å². The number of benzene rings is 1. The zero-order valence-electron chi connectivity index (χ0n) is 7.93. The molecule has 0 unspecified atom stereocenters. The fraction of sp³-hybridized carbons (Fsp3) is 0.364. The lowest BCUT2D eigenvalue weighted by Gasteiger charge is -2.05. The molecule has 0 radical (unpaired) electrons. The smallest absolute Gasteiger partial charge is 0.165 e. The van der Waals surface area contributed by atoms with Crippen LogP contribution in [0.4, 0.5) is 4.39 Å². The fourth-order valence-corrected chi connectivity index (χ4v) is 1.35. The zero-order valence-corrected chi connectivity index (χ0v) is 7.93. The number of aryl methyl sites for hydroxylation is 1. The molecule has 0 atom stereocenters. The van der Waals surface area contributed by atoms with E-state index in [0.717, 1.165) is 5.56 Å². The van der Waals surface area contributed by atoms with Gasteiger partial charge in [0.1, 0.15) is 5.82 Å². The van der Waals surface area contributed by atoms with Crippen LogP contribution in [-0.4, -0.2) is 5.78 Å². The Bertz CT molecular complexity index is 318. The summed E-state index contributed by atoms with van der Waals surface area (Å²) in [5, 5.41) is 0. The van der Waals surface area contributed by atoms with E-state index in [-0.39, 0.29) is 11.3 Å². The first-order valence-corrected chi connectivity index (χ1v) is 4.51. The van der Waals surface area contributed by atoms with Gasteiger partial charge in [0, 0.05) is 6.42 Å². The number of hydrogen-bond acceptors (Lipinski definition) is 1. The van der Waals surface area contributed by atoms with Crippen molar-refractivity contribution < 1.29 is 9.18 Å². The summed E-state index contributed by atoms with van der Waals surface area (Å²) in [5.41, 5.74) is 1.07. The molecule has 1 aromatic rings. The molecule has 1 rings (SSSR count). The largest absolute Gasteiger partial charge is 0.294 e. The van der Waals surface area contributed by atoms with E-state index in [2.05, 4.69) is 0 Å². The van der Waals surface area contributed by atoms with Crippen molar-refractivity contribution in [2.75, 3.05) is 0 Å². The van der Waals surface area contributed by atoms with Gasteiger partial charge in [-0.2, -0.15) is 0 Å². The Hall–Kier alpha value is -1.18. The van der Waals surface area contributed by atoms with Gasteiger partial charge in [0.25, 0.3) is 0 Å². The number of carbonyl (C=O) groups excluding carboxylic acids is 1. The van der Waals surface area contributed by atoms with Gasteiger partial charge in [-0.3, -0.25) is 4.79 Å². The first-order valence-electron chi connectivity index (χ1n) is 4.51. The fourth-order valence-electron chi connectivity index (χ4n) is 1.35. The lowest BCUT2D eigenvalue weighted by molar-refractivity contribution is 0.0983. The number of halogens is 1. The molecule has 0 N–H and O–H groups in total. The average Bonchev–Trinajstić information content (AvgIpc) is 2.16. The SMILES string of the molecule is CCC(=O)c1c(F)cccc1CC. The molecular formula is C11H13FO. The molecule has 0 amide bonds. The van der Waals surface area contributed by atoms with Crippen LogP contribution in [0.5, 0.6) is 0 Å². The Labute approximate surface area is 77.6 Å². The van der Waals surface area contributed by atoms with Crippen LogP contribution in [0.2, 0.25) is 0 Å². The van der Waals surface area contributed by atoms with Gasteiger partial charge in [0.05, 0.1) is 5.56 Å². The van der Waals surface area contributed by atoms with E-state index < -0.39 is 5.82 Å². The number of ketones is 1. The molecule has 0 aromatic heterocycles. The molecule has 0 aliphatic heterocycles. The summed E-state index contributed by atoms with van der Waals surface area (Å²) in [6.45, 7) is 3.66. The van der Waals surface area contributed by atoms with E-state index in [1.165, 1.54) is 6.07 Å². The maximum absolute atomic E-state index is 13.3. The van der Waals surface area contributed by atoms with Crippen molar-refractivity contribution in [1.82, 2.24) is 0 Å². The topological polar surface area (TPSA) is 17.1 Å². The van der Waals surface area contributed by atoms with Crippen LogP contribution in [0.3, 0.4) is 0 Å². The molecule has 0 saturated carbocycles. The Balaban J connectivity index is 3.22. The molecule has 0 saturated heterocycles. The van der Waals surface area contributed by atoms with Crippen molar-refractivity contribution in [2.45, 2.75) is 26.7 Å². The van der Waals surface area contributed by atoms with Gasteiger partial charge in [0.2, 0.25) is 0 Å². The molecular weight excluding hydrogens is 167 g/mol. The molecule has 0 fully saturated rings. The third kappa shape index (κ3) is 1.94. The summed E-state index contributed by atoms with van der Waals surface area (Å²) in [4.78, 5) is 11.4. The quantitative estimate of drug-likeness (QED) is 0.653. The summed E-state index contributed by atoms with van der Waals surface area (Å²) in [5.74, 6) is -0.513. The third-order valence-electron chi connectivity index (χ3n) is 2.08. The van der Waals surface area contributed by atoms with Crippen molar-refractivity contribution in [1.29, 1.82) is 0 Å². The molecule has 0 aliphatic carbocycles. The van der Waals surface area contributed by atoms with Gasteiger partial charge in [-0.25, -0.2) is 4.39 Å². The molecule has 0 heterocycles. The van der Waals surface area contributed by atoms with E-state index >= 15 is 0 Å². The van der Waals surface area contributed by atoms with Crippen LogP contribution < -0.4 is 0 Å². The predicted octanol–water partition coefficient (Wildman–Crippen LogP) is 2.98. The minimum atomic E-state index is -0.397. The summed E-state index contributed by atoms with van der Waals surface area (Å²) in [7, 11) is 0. The third-order valence-corrected chi connectivity index (χ3v) is 2.08. The minimum absolute atomic E-state index is 0.116.